The van der Waals surface area contributed by atoms with E-state index >= 15 is 0 Å². The number of para-hydroxylation sites is 1. The summed E-state index contributed by atoms with van der Waals surface area (Å²) in [4.78, 5) is 23.6. The molecule has 10 nitrogen and oxygen atoms in total. The van der Waals surface area contributed by atoms with Gasteiger partial charge in [-0.3, -0.25) is 10.00 Å². The maximum absolute atomic E-state index is 5.18. The molecule has 0 aliphatic carbocycles. The molecule has 1 saturated heterocycles. The summed E-state index contributed by atoms with van der Waals surface area (Å²) in [5.41, 5.74) is 3.89. The monoisotopic (exact) mass is 521 g/mol. The number of benzene rings is 1. The minimum absolute atomic E-state index is 0.380. The van der Waals surface area contributed by atoms with Gasteiger partial charge in [0.05, 0.1) is 12.6 Å². The molecule has 4 aromatic heterocycles. The zero-order valence-corrected chi connectivity index (χ0v) is 22.3. The number of nitrogens with zero attached hydrogens (tertiary/aromatic N) is 7. The molecule has 1 aliphatic heterocycles. The summed E-state index contributed by atoms with van der Waals surface area (Å²) in [6.45, 7) is 7.85. The van der Waals surface area contributed by atoms with Crippen molar-refractivity contribution in [1.29, 1.82) is 0 Å². The summed E-state index contributed by atoms with van der Waals surface area (Å²) in [6.07, 6.45) is 3.76. The third-order valence-electron chi connectivity index (χ3n) is 7.04. The first-order chi connectivity index (χ1) is 19.1. The second-order valence-electron chi connectivity index (χ2n) is 9.85. The number of aromatic amines is 1. The minimum atomic E-state index is 0.380. The Balaban J connectivity index is 1.17. The predicted molar refractivity (Wildman–Crippen MR) is 152 cm³/mol. The third kappa shape index (κ3) is 5.37. The number of fused-ring (bicyclic) bond motifs is 1. The van der Waals surface area contributed by atoms with Crippen LogP contribution in [0, 0.1) is 6.92 Å². The van der Waals surface area contributed by atoms with Crippen LogP contribution in [-0.4, -0.2) is 67.8 Å². The van der Waals surface area contributed by atoms with Crippen LogP contribution in [0.3, 0.4) is 0 Å². The molecule has 0 saturated carbocycles. The lowest BCUT2D eigenvalue weighted by Crippen LogP contribution is -2.51. The highest BCUT2D eigenvalue weighted by Crippen LogP contribution is 2.28. The van der Waals surface area contributed by atoms with Crippen molar-refractivity contribution in [3.8, 4) is 17.3 Å². The maximum Gasteiger partial charge on any atom is 0.212 e. The molecule has 5 heterocycles. The first-order valence-electron chi connectivity index (χ1n) is 13.1. The van der Waals surface area contributed by atoms with Crippen molar-refractivity contribution in [1.82, 2.24) is 35.0 Å². The standard InChI is InChI=1S/C29H31N9O/c1-19-14-25(36-35-19)33-29-23-6-4-5-7-24(23)32-28(34-29)22-9-10-26(30-16-22)38-13-12-37(20(2)17-38)18-21-8-11-27(39-3)31-15-21/h4-11,14-16,20H,12-13,17-18H2,1-3H3,(H2,32,33,34,35,36)/t20-/m0/s1. The van der Waals surface area contributed by atoms with Gasteiger partial charge in [0.2, 0.25) is 5.88 Å². The zero-order valence-electron chi connectivity index (χ0n) is 22.3. The summed E-state index contributed by atoms with van der Waals surface area (Å²) >= 11 is 0. The van der Waals surface area contributed by atoms with Crippen LogP contribution in [0.2, 0.25) is 0 Å². The van der Waals surface area contributed by atoms with Gasteiger partial charge in [0, 0.05) is 73.4 Å². The van der Waals surface area contributed by atoms with Crippen LogP contribution >= 0.6 is 0 Å². The van der Waals surface area contributed by atoms with Gasteiger partial charge in [-0.2, -0.15) is 5.10 Å². The predicted octanol–water partition coefficient (Wildman–Crippen LogP) is 4.58. The molecule has 0 spiro atoms. The van der Waals surface area contributed by atoms with Crippen molar-refractivity contribution in [3.05, 3.63) is 78.2 Å². The molecule has 198 valence electrons. The number of piperazine rings is 1. The van der Waals surface area contributed by atoms with E-state index in [-0.39, 0.29) is 0 Å². The molecule has 0 bridgehead atoms. The zero-order chi connectivity index (χ0) is 26.8. The van der Waals surface area contributed by atoms with E-state index in [9.17, 15) is 0 Å². The number of H-pyrrole nitrogens is 1. The fourth-order valence-electron chi connectivity index (χ4n) is 4.91. The van der Waals surface area contributed by atoms with E-state index in [0.717, 1.165) is 54.2 Å². The molecular weight excluding hydrogens is 490 g/mol. The van der Waals surface area contributed by atoms with Gasteiger partial charge in [-0.05, 0) is 43.7 Å². The molecule has 39 heavy (non-hydrogen) atoms. The Bertz CT molecular complexity index is 1570. The first-order valence-corrected chi connectivity index (χ1v) is 13.1. The Morgan fingerprint density at radius 3 is 2.64 bits per heavy atom. The summed E-state index contributed by atoms with van der Waals surface area (Å²) in [5, 5.41) is 11.5. The van der Waals surface area contributed by atoms with Crippen molar-refractivity contribution < 1.29 is 4.74 Å². The lowest BCUT2D eigenvalue weighted by molar-refractivity contribution is 0.180. The maximum atomic E-state index is 5.18. The van der Waals surface area contributed by atoms with Gasteiger partial charge in [0.15, 0.2) is 11.6 Å². The molecule has 6 rings (SSSR count). The van der Waals surface area contributed by atoms with E-state index < -0.39 is 0 Å². The van der Waals surface area contributed by atoms with Crippen LogP contribution in [0.25, 0.3) is 22.3 Å². The molecule has 1 atom stereocenters. The SMILES string of the molecule is COc1ccc(CN2CCN(c3ccc(-c4nc(Nc5cc(C)[nH]n5)c5ccccc5n4)cn3)C[C@@H]2C)cn1. The van der Waals surface area contributed by atoms with Gasteiger partial charge >= 0.3 is 0 Å². The number of ether oxygens (including phenoxy) is 1. The number of hydrogen-bond donors (Lipinski definition) is 2. The van der Waals surface area contributed by atoms with Crippen molar-refractivity contribution in [2.75, 3.05) is 37.0 Å². The summed E-state index contributed by atoms with van der Waals surface area (Å²) in [7, 11) is 1.64. The fourth-order valence-corrected chi connectivity index (χ4v) is 4.91. The number of aryl methyl sites for hydroxylation is 1. The molecule has 0 radical (unpaired) electrons. The Morgan fingerprint density at radius 2 is 1.92 bits per heavy atom. The van der Waals surface area contributed by atoms with Crippen molar-refractivity contribution in [2.45, 2.75) is 26.4 Å². The average Bonchev–Trinajstić information content (AvgIpc) is 3.38. The highest BCUT2D eigenvalue weighted by atomic mass is 16.5. The highest BCUT2D eigenvalue weighted by Gasteiger charge is 2.25. The number of nitrogens with one attached hydrogen (secondary N) is 2. The molecule has 5 aromatic rings. The minimum Gasteiger partial charge on any atom is -0.481 e. The van der Waals surface area contributed by atoms with Gasteiger partial charge in [-0.25, -0.2) is 19.9 Å². The number of hydrogen-bond acceptors (Lipinski definition) is 9. The highest BCUT2D eigenvalue weighted by molar-refractivity contribution is 5.91. The second-order valence-corrected chi connectivity index (χ2v) is 9.85. The van der Waals surface area contributed by atoms with Crippen LogP contribution in [0.15, 0.2) is 67.0 Å². The number of rotatable bonds is 7. The third-order valence-corrected chi connectivity index (χ3v) is 7.04. The summed E-state index contributed by atoms with van der Waals surface area (Å²) in [6, 6.07) is 18.4. The van der Waals surface area contributed by atoms with Gasteiger partial charge in [0.25, 0.3) is 0 Å². The van der Waals surface area contributed by atoms with E-state index in [2.05, 4.69) is 55.4 Å². The molecule has 0 amide bonds. The first kappa shape index (κ1) is 24.7. The molecule has 1 aromatic carbocycles. The van der Waals surface area contributed by atoms with Crippen molar-refractivity contribution >= 4 is 28.4 Å². The van der Waals surface area contributed by atoms with Crippen molar-refractivity contribution in [3.63, 3.8) is 0 Å². The van der Waals surface area contributed by atoms with E-state index in [1.165, 1.54) is 5.56 Å². The summed E-state index contributed by atoms with van der Waals surface area (Å²) in [5.74, 6) is 3.65. The molecule has 10 heteroatoms. The Hall–Kier alpha value is -4.57. The molecular formula is C29H31N9O. The number of pyridine rings is 2. The normalized spacial score (nSPS) is 16.0. The fraction of sp³-hybridized carbons (Fsp3) is 0.276. The summed E-state index contributed by atoms with van der Waals surface area (Å²) < 4.78 is 5.18. The van der Waals surface area contributed by atoms with Crippen molar-refractivity contribution in [2.24, 2.45) is 0 Å². The molecule has 0 unspecified atom stereocenters. The van der Waals surface area contributed by atoms with Gasteiger partial charge in [0.1, 0.15) is 11.6 Å². The van der Waals surface area contributed by atoms with E-state index in [1.807, 2.05) is 55.7 Å². The quantitative estimate of drug-likeness (QED) is 0.318. The second kappa shape index (κ2) is 10.7. The number of aromatic nitrogens is 6. The van der Waals surface area contributed by atoms with Gasteiger partial charge in [-0.1, -0.05) is 18.2 Å². The Kier molecular flexibility index (Phi) is 6.76. The lowest BCUT2D eigenvalue weighted by Gasteiger charge is -2.40. The van der Waals surface area contributed by atoms with Crippen LogP contribution in [-0.2, 0) is 6.54 Å². The van der Waals surface area contributed by atoms with Crippen LogP contribution in [0.1, 0.15) is 18.2 Å². The number of methoxy groups -OCH3 is 1. The van der Waals surface area contributed by atoms with E-state index in [1.54, 1.807) is 7.11 Å². The smallest absolute Gasteiger partial charge is 0.212 e. The molecule has 1 fully saturated rings. The van der Waals surface area contributed by atoms with Gasteiger partial charge < -0.3 is 15.0 Å². The Labute approximate surface area is 227 Å². The van der Waals surface area contributed by atoms with E-state index in [4.69, 9.17) is 19.7 Å². The van der Waals surface area contributed by atoms with E-state index in [0.29, 0.717) is 29.4 Å². The van der Waals surface area contributed by atoms with Crippen LogP contribution in [0.5, 0.6) is 5.88 Å². The Morgan fingerprint density at radius 1 is 1.03 bits per heavy atom. The molecule has 2 N–H and O–H groups in total. The van der Waals surface area contributed by atoms with Gasteiger partial charge in [-0.15, -0.1) is 0 Å². The topological polar surface area (TPSA) is 108 Å². The number of anilines is 3. The molecule has 1 aliphatic rings. The lowest BCUT2D eigenvalue weighted by atomic mass is 10.1. The van der Waals surface area contributed by atoms with Crippen LogP contribution in [0.4, 0.5) is 17.5 Å². The van der Waals surface area contributed by atoms with Crippen LogP contribution < -0.4 is 15.0 Å². The largest absolute Gasteiger partial charge is 0.481 e. The average molecular weight is 522 g/mol.